The average Bonchev–Trinajstić information content (AvgIpc) is 2.48. The summed E-state index contributed by atoms with van der Waals surface area (Å²) in [5, 5.41) is 12.4. The minimum atomic E-state index is -1.10. The van der Waals surface area contributed by atoms with Gasteiger partial charge in [0.15, 0.2) is 0 Å². The molecular formula is C14H13ClN2O4. The SMILES string of the molecule is COc1cc(Nc2ccnc(C(=O)O)c2)c(OC)cc1Cl. The van der Waals surface area contributed by atoms with E-state index < -0.39 is 5.97 Å². The van der Waals surface area contributed by atoms with Crippen LogP contribution in [0.2, 0.25) is 5.02 Å². The molecule has 0 amide bonds. The number of aromatic nitrogens is 1. The normalized spacial score (nSPS) is 10.0. The minimum absolute atomic E-state index is 0.0557. The molecule has 110 valence electrons. The molecule has 0 saturated carbocycles. The fourth-order valence-corrected chi connectivity index (χ4v) is 1.97. The van der Waals surface area contributed by atoms with Crippen molar-refractivity contribution in [3.05, 3.63) is 41.2 Å². The summed E-state index contributed by atoms with van der Waals surface area (Å²) in [4.78, 5) is 14.7. The van der Waals surface area contributed by atoms with Gasteiger partial charge in [-0.15, -0.1) is 0 Å². The van der Waals surface area contributed by atoms with Crippen molar-refractivity contribution in [3.8, 4) is 11.5 Å². The van der Waals surface area contributed by atoms with E-state index >= 15 is 0 Å². The smallest absolute Gasteiger partial charge is 0.354 e. The molecule has 1 heterocycles. The third-order valence-electron chi connectivity index (χ3n) is 2.73. The first-order valence-electron chi connectivity index (χ1n) is 5.93. The van der Waals surface area contributed by atoms with E-state index in [1.807, 2.05) is 0 Å². The monoisotopic (exact) mass is 308 g/mol. The number of aromatic carboxylic acids is 1. The summed E-state index contributed by atoms with van der Waals surface area (Å²) >= 11 is 6.03. The van der Waals surface area contributed by atoms with Gasteiger partial charge in [-0.05, 0) is 12.1 Å². The number of carboxylic acid groups (broad SMARTS) is 1. The third-order valence-corrected chi connectivity index (χ3v) is 3.03. The topological polar surface area (TPSA) is 80.7 Å². The van der Waals surface area contributed by atoms with Crippen LogP contribution >= 0.6 is 11.6 Å². The lowest BCUT2D eigenvalue weighted by molar-refractivity contribution is 0.0690. The van der Waals surface area contributed by atoms with Crippen LogP contribution in [0, 0.1) is 0 Å². The standard InChI is InChI=1S/C14H13ClN2O4/c1-20-12-7-10(13(21-2)6-9(12)15)17-8-3-4-16-11(5-8)14(18)19/h3-7H,1-2H3,(H,16,17)(H,18,19). The van der Waals surface area contributed by atoms with Crippen molar-refractivity contribution in [1.82, 2.24) is 4.98 Å². The average molecular weight is 309 g/mol. The predicted molar refractivity (Wildman–Crippen MR) is 79.0 cm³/mol. The molecule has 0 aliphatic rings. The van der Waals surface area contributed by atoms with Gasteiger partial charge in [-0.2, -0.15) is 0 Å². The molecule has 0 fully saturated rings. The van der Waals surface area contributed by atoms with Crippen LogP contribution in [-0.4, -0.2) is 30.3 Å². The van der Waals surface area contributed by atoms with Gasteiger partial charge >= 0.3 is 5.97 Å². The number of pyridine rings is 1. The van der Waals surface area contributed by atoms with Crippen molar-refractivity contribution in [2.45, 2.75) is 0 Å². The minimum Gasteiger partial charge on any atom is -0.495 e. The Hall–Kier alpha value is -2.47. The van der Waals surface area contributed by atoms with Crippen LogP contribution in [0.25, 0.3) is 0 Å². The second-order valence-corrected chi connectivity index (χ2v) is 4.45. The number of halogens is 1. The number of methoxy groups -OCH3 is 2. The van der Waals surface area contributed by atoms with Gasteiger partial charge in [0.05, 0.1) is 24.9 Å². The summed E-state index contributed by atoms with van der Waals surface area (Å²) in [6.45, 7) is 0. The largest absolute Gasteiger partial charge is 0.495 e. The number of nitrogens with zero attached hydrogens (tertiary/aromatic N) is 1. The molecule has 0 aliphatic carbocycles. The lowest BCUT2D eigenvalue weighted by atomic mass is 10.2. The lowest BCUT2D eigenvalue weighted by Gasteiger charge is -2.14. The van der Waals surface area contributed by atoms with E-state index in [9.17, 15) is 4.79 Å². The van der Waals surface area contributed by atoms with E-state index in [2.05, 4.69) is 10.3 Å². The molecule has 0 saturated heterocycles. The highest BCUT2D eigenvalue weighted by Gasteiger charge is 2.11. The van der Waals surface area contributed by atoms with Crippen molar-refractivity contribution in [1.29, 1.82) is 0 Å². The second kappa shape index (κ2) is 6.32. The molecule has 1 aromatic heterocycles. The maximum absolute atomic E-state index is 10.9. The first-order valence-corrected chi connectivity index (χ1v) is 6.31. The highest BCUT2D eigenvalue weighted by Crippen LogP contribution is 2.37. The summed E-state index contributed by atoms with van der Waals surface area (Å²) < 4.78 is 10.4. The number of benzene rings is 1. The molecule has 0 spiro atoms. The Morgan fingerprint density at radius 3 is 2.57 bits per heavy atom. The van der Waals surface area contributed by atoms with E-state index in [-0.39, 0.29) is 5.69 Å². The van der Waals surface area contributed by atoms with Crippen LogP contribution in [0.4, 0.5) is 11.4 Å². The fraction of sp³-hybridized carbons (Fsp3) is 0.143. The summed E-state index contributed by atoms with van der Waals surface area (Å²) in [6.07, 6.45) is 1.41. The molecule has 1 aromatic carbocycles. The molecule has 21 heavy (non-hydrogen) atoms. The number of anilines is 2. The Morgan fingerprint density at radius 2 is 1.95 bits per heavy atom. The second-order valence-electron chi connectivity index (χ2n) is 4.05. The first kappa shape index (κ1) is 14.9. The number of hydrogen-bond donors (Lipinski definition) is 2. The van der Waals surface area contributed by atoms with Gasteiger partial charge in [0, 0.05) is 24.0 Å². The molecule has 0 bridgehead atoms. The molecule has 6 nitrogen and oxygen atoms in total. The van der Waals surface area contributed by atoms with Crippen molar-refractivity contribution in [2.75, 3.05) is 19.5 Å². The number of ether oxygens (including phenoxy) is 2. The zero-order valence-electron chi connectivity index (χ0n) is 11.4. The Morgan fingerprint density at radius 1 is 1.24 bits per heavy atom. The zero-order chi connectivity index (χ0) is 15.4. The fourth-order valence-electron chi connectivity index (χ4n) is 1.74. The Labute approximate surface area is 126 Å². The van der Waals surface area contributed by atoms with E-state index in [1.54, 1.807) is 18.2 Å². The number of carboxylic acids is 1. The highest BCUT2D eigenvalue weighted by molar-refractivity contribution is 6.32. The summed E-state index contributed by atoms with van der Waals surface area (Å²) in [6, 6.07) is 6.35. The molecule has 0 atom stereocenters. The molecule has 2 aromatic rings. The number of nitrogens with one attached hydrogen (secondary N) is 1. The first-order chi connectivity index (χ1) is 10.0. The van der Waals surface area contributed by atoms with Crippen LogP contribution < -0.4 is 14.8 Å². The third kappa shape index (κ3) is 3.35. The molecule has 2 rings (SSSR count). The quantitative estimate of drug-likeness (QED) is 0.883. The Bertz CT molecular complexity index is 676. The highest BCUT2D eigenvalue weighted by atomic mass is 35.5. The van der Waals surface area contributed by atoms with Crippen molar-refractivity contribution in [3.63, 3.8) is 0 Å². The van der Waals surface area contributed by atoms with Crippen LogP contribution in [0.15, 0.2) is 30.5 Å². The maximum atomic E-state index is 10.9. The molecule has 7 heteroatoms. The molecule has 0 unspecified atom stereocenters. The van der Waals surface area contributed by atoms with Gasteiger partial charge < -0.3 is 19.9 Å². The lowest BCUT2D eigenvalue weighted by Crippen LogP contribution is -2.02. The van der Waals surface area contributed by atoms with E-state index in [0.717, 1.165) is 0 Å². The molecule has 0 aliphatic heterocycles. The van der Waals surface area contributed by atoms with Crippen LogP contribution in [0.1, 0.15) is 10.5 Å². The van der Waals surface area contributed by atoms with E-state index in [1.165, 1.54) is 26.5 Å². The van der Waals surface area contributed by atoms with Gasteiger partial charge in [-0.1, -0.05) is 11.6 Å². The Balaban J connectivity index is 2.38. The van der Waals surface area contributed by atoms with Crippen LogP contribution in [0.5, 0.6) is 11.5 Å². The van der Waals surface area contributed by atoms with Gasteiger partial charge in [-0.3, -0.25) is 0 Å². The summed E-state index contributed by atoms with van der Waals surface area (Å²) in [7, 11) is 3.02. The van der Waals surface area contributed by atoms with Crippen molar-refractivity contribution >= 4 is 28.9 Å². The van der Waals surface area contributed by atoms with E-state index in [0.29, 0.717) is 27.9 Å². The number of carbonyl (C=O) groups is 1. The maximum Gasteiger partial charge on any atom is 0.354 e. The Kier molecular flexibility index (Phi) is 4.49. The van der Waals surface area contributed by atoms with Gasteiger partial charge in [-0.25, -0.2) is 9.78 Å². The van der Waals surface area contributed by atoms with Gasteiger partial charge in [0.2, 0.25) is 0 Å². The molecule has 2 N–H and O–H groups in total. The number of rotatable bonds is 5. The van der Waals surface area contributed by atoms with Gasteiger partial charge in [0.1, 0.15) is 17.2 Å². The molecular weight excluding hydrogens is 296 g/mol. The summed E-state index contributed by atoms with van der Waals surface area (Å²) in [5.74, 6) is -0.110. The zero-order valence-corrected chi connectivity index (χ0v) is 12.1. The van der Waals surface area contributed by atoms with Crippen molar-refractivity contribution in [2.24, 2.45) is 0 Å². The van der Waals surface area contributed by atoms with E-state index in [4.69, 9.17) is 26.2 Å². The summed E-state index contributed by atoms with van der Waals surface area (Å²) in [5.41, 5.74) is 1.10. The van der Waals surface area contributed by atoms with Crippen LogP contribution in [-0.2, 0) is 0 Å². The van der Waals surface area contributed by atoms with Gasteiger partial charge in [0.25, 0.3) is 0 Å². The molecule has 0 radical (unpaired) electrons. The number of hydrogen-bond acceptors (Lipinski definition) is 5. The van der Waals surface area contributed by atoms with Crippen LogP contribution in [0.3, 0.4) is 0 Å². The van der Waals surface area contributed by atoms with Crippen molar-refractivity contribution < 1.29 is 19.4 Å². The predicted octanol–water partition coefficient (Wildman–Crippen LogP) is 3.19.